The normalized spacial score (nSPS) is 25.3. The van der Waals surface area contributed by atoms with Crippen molar-refractivity contribution in [3.63, 3.8) is 0 Å². The molecular formula is C29H41NS2SiTi. The minimum absolute atomic E-state index is 0. The van der Waals surface area contributed by atoms with E-state index in [4.69, 9.17) is 4.98 Å². The number of fused-ring (bicyclic) bond motifs is 5. The van der Waals surface area contributed by atoms with E-state index in [9.17, 15) is 0 Å². The molecular weight excluding hydrogens is 502 g/mol. The first kappa shape index (κ1) is 31.7. The molecule has 2 aliphatic rings. The Hall–Kier alpha value is -0.359. The minimum Gasteiger partial charge on any atom is -0.660 e. The standard InChI is InChI=1S/C26H32NS2Si.3CH3.Ti/c1-16-20(17-12-8-7-9-13-17)21-23-22(18-14-10-11-15-19(18)28-23)29-24(21)25(16)30(5,6)27-26(2,3)4;;;;/h7-16,20-21,24-25H,1-6H3;3*1H3;/q4*-1;+4. The van der Waals surface area contributed by atoms with Gasteiger partial charge in [0.2, 0.25) is 0 Å². The molecule has 5 unspecified atom stereocenters. The largest absolute Gasteiger partial charge is 4.00 e. The van der Waals surface area contributed by atoms with Gasteiger partial charge in [0.25, 0.3) is 0 Å². The van der Waals surface area contributed by atoms with Crippen LogP contribution in [0.4, 0.5) is 0 Å². The molecule has 2 aromatic carbocycles. The van der Waals surface area contributed by atoms with Crippen molar-refractivity contribution in [1.82, 2.24) is 0 Å². The fraction of sp³-hybridized carbons (Fsp3) is 0.414. The van der Waals surface area contributed by atoms with E-state index in [1.807, 2.05) is 0 Å². The number of thioether (sulfide) groups is 1. The summed E-state index contributed by atoms with van der Waals surface area (Å²) in [5.74, 6) is 1.86. The molecule has 1 aliphatic carbocycles. The fourth-order valence-corrected chi connectivity index (χ4v) is 15.4. The van der Waals surface area contributed by atoms with Crippen molar-refractivity contribution < 1.29 is 21.7 Å². The summed E-state index contributed by atoms with van der Waals surface area (Å²) in [5.41, 5.74) is 2.25. The second-order valence-electron chi connectivity index (χ2n) is 10.7. The summed E-state index contributed by atoms with van der Waals surface area (Å²) >= 11 is 4.24. The summed E-state index contributed by atoms with van der Waals surface area (Å²) in [5, 5.41) is 2.13. The third kappa shape index (κ3) is 5.33. The van der Waals surface area contributed by atoms with Gasteiger partial charge in [-0.15, -0.1) is 28.6 Å². The molecule has 5 atom stereocenters. The van der Waals surface area contributed by atoms with Gasteiger partial charge in [-0.05, 0) is 29.0 Å². The molecule has 1 fully saturated rings. The van der Waals surface area contributed by atoms with Crippen LogP contribution in [0.15, 0.2) is 59.5 Å². The van der Waals surface area contributed by atoms with Gasteiger partial charge in [-0.25, -0.2) is 0 Å². The van der Waals surface area contributed by atoms with Crippen LogP contribution in [0.5, 0.6) is 0 Å². The van der Waals surface area contributed by atoms with Crippen molar-refractivity contribution in [3.8, 4) is 0 Å². The van der Waals surface area contributed by atoms with Crippen LogP contribution in [0, 0.1) is 28.2 Å². The maximum absolute atomic E-state index is 5.50. The van der Waals surface area contributed by atoms with Gasteiger partial charge >= 0.3 is 21.7 Å². The average molecular weight is 544 g/mol. The molecule has 182 valence electrons. The zero-order chi connectivity index (χ0) is 21.3. The van der Waals surface area contributed by atoms with Crippen LogP contribution in [-0.4, -0.2) is 19.0 Å². The van der Waals surface area contributed by atoms with Crippen LogP contribution >= 0.6 is 23.1 Å². The van der Waals surface area contributed by atoms with Gasteiger partial charge < -0.3 is 27.3 Å². The fourth-order valence-electron chi connectivity index (χ4n) is 6.42. The molecule has 1 nitrogen and oxygen atoms in total. The van der Waals surface area contributed by atoms with Crippen LogP contribution < -0.4 is 0 Å². The molecule has 0 N–H and O–H groups in total. The number of hydrogen-bond acceptors (Lipinski definition) is 2. The van der Waals surface area contributed by atoms with Gasteiger partial charge in [-0.2, -0.15) is 0 Å². The van der Waals surface area contributed by atoms with Crippen molar-refractivity contribution in [2.45, 2.75) is 73.9 Å². The molecule has 5 rings (SSSR count). The Bertz CT molecular complexity index is 1070. The summed E-state index contributed by atoms with van der Waals surface area (Å²) < 4.78 is 1.45. The average Bonchev–Trinajstić information content (AvgIpc) is 3.27. The van der Waals surface area contributed by atoms with E-state index in [1.165, 1.54) is 15.6 Å². The molecule has 1 aliphatic heterocycles. The number of nitrogens with zero attached hydrogens (tertiary/aromatic N) is 1. The smallest absolute Gasteiger partial charge is 0.660 e. The van der Waals surface area contributed by atoms with Gasteiger partial charge in [-0.3, -0.25) is 0 Å². The van der Waals surface area contributed by atoms with E-state index in [0.29, 0.717) is 28.5 Å². The Labute approximate surface area is 233 Å². The number of hydrogen-bond donors (Lipinski definition) is 0. The zero-order valence-electron chi connectivity index (χ0n) is 22.3. The molecule has 0 amide bonds. The van der Waals surface area contributed by atoms with Crippen LogP contribution in [0.1, 0.15) is 50.0 Å². The molecule has 0 bridgehead atoms. The maximum Gasteiger partial charge on any atom is 4.00 e. The monoisotopic (exact) mass is 543 g/mol. The van der Waals surface area contributed by atoms with E-state index in [0.717, 1.165) is 0 Å². The summed E-state index contributed by atoms with van der Waals surface area (Å²) in [4.78, 5) is 8.72. The SMILES string of the molecule is CC1C(c2ccccc2)C2c3sc4ccccc4c3SC2C1[Si](C)(C)[N-]C(C)(C)C.[CH3-].[CH3-].[CH3-].[Ti+4]. The van der Waals surface area contributed by atoms with Crippen LogP contribution in [-0.2, 0) is 21.7 Å². The quantitative estimate of drug-likeness (QED) is 0.237. The Morgan fingerprint density at radius 2 is 1.44 bits per heavy atom. The van der Waals surface area contributed by atoms with E-state index in [1.54, 1.807) is 9.77 Å². The number of thiophene rings is 1. The summed E-state index contributed by atoms with van der Waals surface area (Å²) in [7, 11) is -1.80. The van der Waals surface area contributed by atoms with Gasteiger partial charge in [0.05, 0.1) is 0 Å². The van der Waals surface area contributed by atoms with E-state index >= 15 is 0 Å². The van der Waals surface area contributed by atoms with Gasteiger partial charge in [0.1, 0.15) is 0 Å². The predicted molar refractivity (Wildman–Crippen MR) is 156 cm³/mol. The van der Waals surface area contributed by atoms with Gasteiger partial charge in [-0.1, -0.05) is 97.6 Å². The summed E-state index contributed by atoms with van der Waals surface area (Å²) in [6.45, 7) is 14.4. The van der Waals surface area contributed by atoms with E-state index < -0.39 is 8.24 Å². The second kappa shape index (κ2) is 11.4. The van der Waals surface area contributed by atoms with E-state index in [-0.39, 0.29) is 49.5 Å². The Balaban J connectivity index is 0.00000144. The third-order valence-electron chi connectivity index (χ3n) is 6.98. The topological polar surface area (TPSA) is 14.1 Å². The van der Waals surface area contributed by atoms with Crippen LogP contribution in [0.25, 0.3) is 15.1 Å². The summed E-state index contributed by atoms with van der Waals surface area (Å²) in [6.07, 6.45) is 0. The minimum atomic E-state index is -1.80. The van der Waals surface area contributed by atoms with Gasteiger partial charge in [0, 0.05) is 31.0 Å². The van der Waals surface area contributed by atoms with Crippen molar-refractivity contribution in [2.24, 2.45) is 5.92 Å². The number of rotatable bonds is 3. The first-order valence-corrected chi connectivity index (χ1v) is 15.9. The Morgan fingerprint density at radius 1 is 0.853 bits per heavy atom. The van der Waals surface area contributed by atoms with E-state index in [2.05, 4.69) is 118 Å². The van der Waals surface area contributed by atoms with Crippen molar-refractivity contribution in [1.29, 1.82) is 0 Å². The Kier molecular flexibility index (Phi) is 10.6. The molecule has 1 aromatic heterocycles. The molecule has 0 spiro atoms. The molecule has 0 saturated heterocycles. The summed E-state index contributed by atoms with van der Waals surface area (Å²) in [6, 6.07) is 20.3. The Morgan fingerprint density at radius 3 is 2.06 bits per heavy atom. The number of benzene rings is 2. The van der Waals surface area contributed by atoms with Crippen LogP contribution in [0.2, 0.25) is 18.6 Å². The van der Waals surface area contributed by atoms with Gasteiger partial charge in [0.15, 0.2) is 0 Å². The van der Waals surface area contributed by atoms with Crippen LogP contribution in [0.3, 0.4) is 0 Å². The third-order valence-corrected chi connectivity index (χ3v) is 13.9. The predicted octanol–water partition coefficient (Wildman–Crippen LogP) is 9.99. The molecule has 2 heterocycles. The van der Waals surface area contributed by atoms with Crippen molar-refractivity contribution in [2.75, 3.05) is 0 Å². The molecule has 0 radical (unpaired) electrons. The first-order chi connectivity index (χ1) is 14.2. The molecule has 1 saturated carbocycles. The second-order valence-corrected chi connectivity index (χ2v) is 17.1. The first-order valence-electron chi connectivity index (χ1n) is 11.1. The van der Waals surface area contributed by atoms with Crippen molar-refractivity contribution in [3.05, 3.63) is 92.3 Å². The van der Waals surface area contributed by atoms with Crippen molar-refractivity contribution >= 4 is 41.4 Å². The maximum atomic E-state index is 5.50. The zero-order valence-corrected chi connectivity index (χ0v) is 26.5. The molecule has 3 aromatic rings. The molecule has 34 heavy (non-hydrogen) atoms. The molecule has 5 heteroatoms.